The topological polar surface area (TPSA) is 91.1 Å². The maximum absolute atomic E-state index is 12.3. The van der Waals surface area contributed by atoms with Crippen molar-refractivity contribution >= 4 is 35.8 Å². The molecule has 1 atom stereocenters. The van der Waals surface area contributed by atoms with E-state index < -0.39 is 10.9 Å². The summed E-state index contributed by atoms with van der Waals surface area (Å²) in [7, 11) is 0. The third kappa shape index (κ3) is 3.11. The summed E-state index contributed by atoms with van der Waals surface area (Å²) in [6, 6.07) is 5.47. The van der Waals surface area contributed by atoms with E-state index in [0.29, 0.717) is 11.3 Å². The van der Waals surface area contributed by atoms with Crippen molar-refractivity contribution < 1.29 is 9.84 Å². The summed E-state index contributed by atoms with van der Waals surface area (Å²) < 4.78 is 6.92. The van der Waals surface area contributed by atoms with Gasteiger partial charge in [-0.05, 0) is 31.3 Å². The quantitative estimate of drug-likeness (QED) is 0.422. The van der Waals surface area contributed by atoms with Crippen LogP contribution in [0, 0.1) is 17.1 Å². The maximum Gasteiger partial charge on any atom is 0.262 e. The van der Waals surface area contributed by atoms with Crippen LogP contribution in [0.25, 0.3) is 6.08 Å². The third-order valence-electron chi connectivity index (χ3n) is 4.00. The van der Waals surface area contributed by atoms with E-state index in [-0.39, 0.29) is 34.2 Å². The standard InChI is InChI=1S/C18H16ClN3O3S/c1-3-6-22-17(24)12(16(23)21-18(22)26)8-11-14(19)10-7-9(2)4-5-13(10)25-15(11)20/h3-5,7-8,14,20,24H,1,6H2,2H3,(H,21,23,26). The first-order chi connectivity index (χ1) is 12.3. The third-order valence-corrected chi connectivity index (χ3v) is 4.80. The summed E-state index contributed by atoms with van der Waals surface area (Å²) in [5.41, 5.74) is 1.33. The molecular weight excluding hydrogens is 374 g/mol. The first-order valence-corrected chi connectivity index (χ1v) is 8.58. The molecule has 0 radical (unpaired) electrons. The van der Waals surface area contributed by atoms with Crippen molar-refractivity contribution in [2.45, 2.75) is 18.8 Å². The molecule has 0 spiro atoms. The molecule has 1 aliphatic heterocycles. The van der Waals surface area contributed by atoms with Crippen LogP contribution >= 0.6 is 23.8 Å². The van der Waals surface area contributed by atoms with Crippen molar-refractivity contribution in [2.75, 3.05) is 0 Å². The number of H-pyrrole nitrogens is 1. The van der Waals surface area contributed by atoms with E-state index in [0.717, 1.165) is 5.56 Å². The van der Waals surface area contributed by atoms with Crippen molar-refractivity contribution in [3.63, 3.8) is 0 Å². The maximum atomic E-state index is 12.3. The molecule has 1 aromatic carbocycles. The number of benzene rings is 1. The van der Waals surface area contributed by atoms with Gasteiger partial charge < -0.3 is 9.84 Å². The fraction of sp³-hybridized carbons (Fsp3) is 0.167. The molecule has 3 N–H and O–H groups in total. The van der Waals surface area contributed by atoms with Gasteiger partial charge in [-0.2, -0.15) is 0 Å². The second kappa shape index (κ2) is 6.93. The first kappa shape index (κ1) is 18.2. The van der Waals surface area contributed by atoms with Gasteiger partial charge in [-0.1, -0.05) is 23.8 Å². The summed E-state index contributed by atoms with van der Waals surface area (Å²) in [5.74, 6) is -0.00533. The minimum Gasteiger partial charge on any atom is -0.494 e. The highest BCUT2D eigenvalue weighted by Gasteiger charge is 2.29. The van der Waals surface area contributed by atoms with E-state index in [1.165, 1.54) is 10.6 Å². The number of ether oxygens (including phenoxy) is 1. The Labute approximate surface area is 159 Å². The number of allylic oxidation sites excluding steroid dienone is 1. The minimum atomic E-state index is -0.694. The van der Waals surface area contributed by atoms with Gasteiger partial charge >= 0.3 is 0 Å². The van der Waals surface area contributed by atoms with Gasteiger partial charge in [-0.3, -0.25) is 19.8 Å². The second-order valence-electron chi connectivity index (χ2n) is 5.83. The molecule has 6 nitrogen and oxygen atoms in total. The van der Waals surface area contributed by atoms with Crippen molar-refractivity contribution in [1.29, 1.82) is 5.41 Å². The highest BCUT2D eigenvalue weighted by Crippen LogP contribution is 2.41. The number of fused-ring (bicyclic) bond motifs is 1. The van der Waals surface area contributed by atoms with Crippen molar-refractivity contribution in [3.8, 4) is 11.6 Å². The van der Waals surface area contributed by atoms with Crippen molar-refractivity contribution in [2.24, 2.45) is 0 Å². The van der Waals surface area contributed by atoms with Gasteiger partial charge in [0.25, 0.3) is 5.56 Å². The SMILES string of the molecule is C=CCn1c(O)c(C=C2C(=N)Oc3ccc(C)cc3C2Cl)c(=O)[nH]c1=S. The van der Waals surface area contributed by atoms with Crippen LogP contribution in [-0.2, 0) is 6.54 Å². The van der Waals surface area contributed by atoms with Crippen LogP contribution in [0.3, 0.4) is 0 Å². The largest absolute Gasteiger partial charge is 0.494 e. The predicted molar refractivity (Wildman–Crippen MR) is 104 cm³/mol. The molecule has 0 fully saturated rings. The zero-order valence-corrected chi connectivity index (χ0v) is 15.4. The number of aromatic nitrogens is 2. The van der Waals surface area contributed by atoms with Crippen molar-refractivity contribution in [3.05, 3.63) is 68.2 Å². The predicted octanol–water partition coefficient (Wildman–Crippen LogP) is 3.84. The van der Waals surface area contributed by atoms with E-state index in [4.69, 9.17) is 34.0 Å². The number of halogens is 1. The number of hydrogen-bond acceptors (Lipinski definition) is 5. The molecule has 0 amide bonds. The van der Waals surface area contributed by atoms with Gasteiger partial charge in [0, 0.05) is 17.7 Å². The van der Waals surface area contributed by atoms with Gasteiger partial charge in [0.1, 0.15) is 11.3 Å². The Morgan fingerprint density at radius 1 is 1.54 bits per heavy atom. The lowest BCUT2D eigenvalue weighted by atomic mass is 9.97. The van der Waals surface area contributed by atoms with Gasteiger partial charge in [0.05, 0.1) is 5.38 Å². The first-order valence-electron chi connectivity index (χ1n) is 7.73. The monoisotopic (exact) mass is 389 g/mol. The van der Waals surface area contributed by atoms with Crippen LogP contribution in [-0.4, -0.2) is 20.6 Å². The lowest BCUT2D eigenvalue weighted by Crippen LogP contribution is -2.22. The summed E-state index contributed by atoms with van der Waals surface area (Å²) in [5, 5.41) is 17.9. The molecule has 1 unspecified atom stereocenters. The lowest BCUT2D eigenvalue weighted by Gasteiger charge is -2.25. The van der Waals surface area contributed by atoms with Gasteiger partial charge in [0.2, 0.25) is 11.8 Å². The molecule has 8 heteroatoms. The Morgan fingerprint density at radius 3 is 2.96 bits per heavy atom. The number of aromatic amines is 1. The van der Waals surface area contributed by atoms with Gasteiger partial charge in [-0.25, -0.2) is 0 Å². The molecule has 134 valence electrons. The van der Waals surface area contributed by atoms with E-state index in [2.05, 4.69) is 11.6 Å². The molecule has 3 rings (SSSR count). The van der Waals surface area contributed by atoms with Crippen LogP contribution < -0.4 is 10.3 Å². The zero-order chi connectivity index (χ0) is 19.0. The molecule has 2 heterocycles. The fourth-order valence-corrected chi connectivity index (χ4v) is 3.29. The zero-order valence-electron chi connectivity index (χ0n) is 13.9. The molecule has 0 aliphatic carbocycles. The molecule has 0 bridgehead atoms. The summed E-state index contributed by atoms with van der Waals surface area (Å²) in [4.78, 5) is 14.8. The Bertz CT molecular complexity index is 1070. The number of alkyl halides is 1. The van der Waals surface area contributed by atoms with Gasteiger partial charge in [-0.15, -0.1) is 18.2 Å². The second-order valence-corrected chi connectivity index (χ2v) is 6.65. The fourth-order valence-electron chi connectivity index (χ4n) is 2.71. The number of aromatic hydroxyl groups is 1. The van der Waals surface area contributed by atoms with E-state index in [9.17, 15) is 9.90 Å². The van der Waals surface area contributed by atoms with Crippen LogP contribution in [0.15, 0.2) is 41.2 Å². The van der Waals surface area contributed by atoms with Crippen LogP contribution in [0.4, 0.5) is 0 Å². The van der Waals surface area contributed by atoms with Gasteiger partial charge in [0.15, 0.2) is 4.77 Å². The van der Waals surface area contributed by atoms with Crippen LogP contribution in [0.5, 0.6) is 11.6 Å². The summed E-state index contributed by atoms with van der Waals surface area (Å²) in [6.07, 6.45) is 2.90. The summed E-state index contributed by atoms with van der Waals surface area (Å²) >= 11 is 11.6. The molecule has 2 aromatic rings. The van der Waals surface area contributed by atoms with E-state index >= 15 is 0 Å². The number of aryl methyl sites for hydroxylation is 1. The Kier molecular flexibility index (Phi) is 4.84. The number of rotatable bonds is 3. The minimum absolute atomic E-state index is 0.0504. The average molecular weight is 390 g/mol. The molecule has 1 aromatic heterocycles. The molecule has 0 saturated carbocycles. The van der Waals surface area contributed by atoms with E-state index in [1.807, 2.05) is 19.1 Å². The number of hydrogen-bond donors (Lipinski definition) is 3. The Hall–Kier alpha value is -2.64. The van der Waals surface area contributed by atoms with Crippen LogP contribution in [0.1, 0.15) is 22.1 Å². The van der Waals surface area contributed by atoms with Crippen LogP contribution in [0.2, 0.25) is 0 Å². The van der Waals surface area contributed by atoms with E-state index in [1.54, 1.807) is 12.1 Å². The smallest absolute Gasteiger partial charge is 0.262 e. The highest BCUT2D eigenvalue weighted by atomic mass is 35.5. The number of nitrogens with one attached hydrogen (secondary N) is 2. The molecule has 1 aliphatic rings. The number of nitrogens with zero attached hydrogens (tertiary/aromatic N) is 1. The highest BCUT2D eigenvalue weighted by molar-refractivity contribution is 7.71. The normalized spacial score (nSPS) is 17.7. The summed E-state index contributed by atoms with van der Waals surface area (Å²) in [6.45, 7) is 5.74. The molecular formula is C18H16ClN3O3S. The van der Waals surface area contributed by atoms with Crippen molar-refractivity contribution in [1.82, 2.24) is 9.55 Å². The average Bonchev–Trinajstić information content (AvgIpc) is 2.58. The Balaban J connectivity index is 2.18. The lowest BCUT2D eigenvalue weighted by molar-refractivity contribution is 0.412. The molecule has 26 heavy (non-hydrogen) atoms. The Morgan fingerprint density at radius 2 is 2.27 bits per heavy atom. The molecule has 0 saturated heterocycles.